The van der Waals surface area contributed by atoms with Crippen LogP contribution in [0.1, 0.15) is 79.1 Å². The number of alkyl halides is 1. The number of hydrogen-bond acceptors (Lipinski definition) is 2. The van der Waals surface area contributed by atoms with Crippen molar-refractivity contribution in [3.63, 3.8) is 0 Å². The van der Waals surface area contributed by atoms with Crippen LogP contribution in [0.15, 0.2) is 0 Å². The van der Waals surface area contributed by atoms with Crippen molar-refractivity contribution in [3.8, 4) is 0 Å². The molecule has 1 fully saturated rings. The Hall–Kier alpha value is 0.200. The summed E-state index contributed by atoms with van der Waals surface area (Å²) in [6, 6.07) is 0. The molecule has 0 amide bonds. The van der Waals surface area contributed by atoms with Gasteiger partial charge >= 0.3 is 5.97 Å². The van der Waals surface area contributed by atoms with Gasteiger partial charge in [-0.2, -0.15) is 0 Å². The van der Waals surface area contributed by atoms with Crippen LogP contribution in [0, 0.1) is 5.92 Å². The van der Waals surface area contributed by atoms with Crippen LogP contribution in [0.3, 0.4) is 0 Å². The number of rotatable bonds is 6. The maximum absolute atomic E-state index is 12.4. The van der Waals surface area contributed by atoms with Gasteiger partial charge in [-0.3, -0.25) is 4.79 Å². The average molecular weight is 380 g/mol. The maximum Gasteiger partial charge on any atom is 0.322 e. The van der Waals surface area contributed by atoms with Gasteiger partial charge in [0.15, 0.2) is 0 Å². The predicted molar refractivity (Wildman–Crippen MR) is 88.7 cm³/mol. The van der Waals surface area contributed by atoms with Crippen molar-refractivity contribution >= 4 is 28.6 Å². The predicted octanol–water partition coefficient (Wildman–Crippen LogP) is 5.27. The summed E-state index contributed by atoms with van der Waals surface area (Å²) in [5.74, 6) is 0.536. The molecule has 0 N–H and O–H groups in total. The highest BCUT2D eigenvalue weighted by Gasteiger charge is 2.43. The Morgan fingerprint density at radius 2 is 1.63 bits per heavy atom. The standard InChI is InChI=1S/C16H29IO2/c1-5-15(4,17)14(18)19-16(6-2,7-3)13-11-9-8-10-12-13/h13H,5-12H2,1-4H3. The first-order chi connectivity index (χ1) is 8.91. The van der Waals surface area contributed by atoms with Crippen LogP contribution in [0.2, 0.25) is 0 Å². The van der Waals surface area contributed by atoms with Crippen molar-refractivity contribution < 1.29 is 9.53 Å². The number of halogens is 1. The summed E-state index contributed by atoms with van der Waals surface area (Å²) in [5, 5.41) is 0. The number of hydrogen-bond donors (Lipinski definition) is 0. The van der Waals surface area contributed by atoms with E-state index in [2.05, 4.69) is 36.4 Å². The van der Waals surface area contributed by atoms with Gasteiger partial charge in [0.1, 0.15) is 9.02 Å². The first-order valence-corrected chi connectivity index (χ1v) is 8.92. The van der Waals surface area contributed by atoms with Crippen LogP contribution in [0.25, 0.3) is 0 Å². The van der Waals surface area contributed by atoms with Crippen LogP contribution in [0.4, 0.5) is 0 Å². The van der Waals surface area contributed by atoms with Gasteiger partial charge in [-0.1, -0.05) is 62.6 Å². The van der Waals surface area contributed by atoms with Gasteiger partial charge in [0.05, 0.1) is 0 Å². The summed E-state index contributed by atoms with van der Waals surface area (Å²) in [7, 11) is 0. The monoisotopic (exact) mass is 380 g/mol. The van der Waals surface area contributed by atoms with Gasteiger partial charge in [0.2, 0.25) is 0 Å². The number of carbonyl (C=O) groups excluding carboxylic acids is 1. The van der Waals surface area contributed by atoms with Gasteiger partial charge in [-0.05, 0) is 44.9 Å². The van der Waals surface area contributed by atoms with Gasteiger partial charge < -0.3 is 4.74 Å². The molecule has 0 aromatic carbocycles. The maximum atomic E-state index is 12.4. The Balaban J connectivity index is 2.84. The highest BCUT2D eigenvalue weighted by atomic mass is 127. The second-order valence-corrected chi connectivity index (χ2v) is 8.43. The number of esters is 1. The van der Waals surface area contributed by atoms with Crippen LogP contribution < -0.4 is 0 Å². The fourth-order valence-corrected chi connectivity index (χ4v) is 3.23. The molecule has 0 heterocycles. The lowest BCUT2D eigenvalue weighted by atomic mass is 9.74. The van der Waals surface area contributed by atoms with Crippen molar-refractivity contribution in [2.45, 2.75) is 88.1 Å². The Morgan fingerprint density at radius 3 is 2.05 bits per heavy atom. The highest BCUT2D eigenvalue weighted by Crippen LogP contribution is 2.41. The summed E-state index contributed by atoms with van der Waals surface area (Å²) < 4.78 is 5.70. The molecule has 0 aliphatic heterocycles. The van der Waals surface area contributed by atoms with Crippen molar-refractivity contribution in [3.05, 3.63) is 0 Å². The molecule has 0 spiro atoms. The first-order valence-electron chi connectivity index (χ1n) is 7.84. The largest absolute Gasteiger partial charge is 0.458 e. The molecule has 1 rings (SSSR count). The fraction of sp³-hybridized carbons (Fsp3) is 0.938. The zero-order valence-electron chi connectivity index (χ0n) is 12.9. The molecular formula is C16H29IO2. The SMILES string of the molecule is CCC(C)(I)C(=O)OC(CC)(CC)C1CCCCC1. The molecule has 1 unspecified atom stereocenters. The van der Waals surface area contributed by atoms with Gasteiger partial charge in [0, 0.05) is 0 Å². The third kappa shape index (κ3) is 4.08. The van der Waals surface area contributed by atoms with E-state index in [1.165, 1.54) is 32.1 Å². The van der Waals surface area contributed by atoms with E-state index in [1.807, 2.05) is 13.8 Å². The summed E-state index contributed by atoms with van der Waals surface area (Å²) in [5.41, 5.74) is -0.223. The second-order valence-electron chi connectivity index (χ2n) is 6.05. The lowest BCUT2D eigenvalue weighted by Crippen LogP contribution is -2.46. The fourth-order valence-electron chi connectivity index (χ4n) is 3.12. The second kappa shape index (κ2) is 7.28. The summed E-state index contributed by atoms with van der Waals surface area (Å²) in [4.78, 5) is 12.4. The third-order valence-corrected chi connectivity index (χ3v) is 6.13. The van der Waals surface area contributed by atoms with E-state index in [4.69, 9.17) is 4.74 Å². The number of ether oxygens (including phenoxy) is 1. The molecule has 1 saturated carbocycles. The molecule has 1 atom stereocenters. The zero-order valence-corrected chi connectivity index (χ0v) is 15.1. The molecule has 0 bridgehead atoms. The summed E-state index contributed by atoms with van der Waals surface area (Å²) in [6.45, 7) is 8.37. The van der Waals surface area contributed by atoms with E-state index in [9.17, 15) is 4.79 Å². The van der Waals surface area contributed by atoms with Crippen molar-refractivity contribution in [2.75, 3.05) is 0 Å². The van der Waals surface area contributed by atoms with E-state index in [0.717, 1.165) is 19.3 Å². The molecule has 0 saturated heterocycles. The molecular weight excluding hydrogens is 351 g/mol. The van der Waals surface area contributed by atoms with Crippen LogP contribution >= 0.6 is 22.6 Å². The molecule has 1 aliphatic carbocycles. The average Bonchev–Trinajstić information content (AvgIpc) is 2.45. The quantitative estimate of drug-likeness (QED) is 0.356. The van der Waals surface area contributed by atoms with Crippen LogP contribution in [0.5, 0.6) is 0 Å². The van der Waals surface area contributed by atoms with E-state index in [-0.39, 0.29) is 15.0 Å². The van der Waals surface area contributed by atoms with Gasteiger partial charge in [-0.25, -0.2) is 0 Å². The van der Waals surface area contributed by atoms with Gasteiger partial charge in [0.25, 0.3) is 0 Å². The molecule has 3 heteroatoms. The van der Waals surface area contributed by atoms with Crippen molar-refractivity contribution in [1.29, 1.82) is 0 Å². The minimum Gasteiger partial charge on any atom is -0.458 e. The smallest absolute Gasteiger partial charge is 0.322 e. The van der Waals surface area contributed by atoms with E-state index < -0.39 is 0 Å². The molecule has 0 radical (unpaired) electrons. The molecule has 0 aromatic heterocycles. The van der Waals surface area contributed by atoms with E-state index in [1.54, 1.807) is 0 Å². The summed E-state index contributed by atoms with van der Waals surface area (Å²) in [6.07, 6.45) is 9.07. The minimum atomic E-state index is -0.387. The molecule has 0 aromatic rings. The normalized spacial score (nSPS) is 20.9. The van der Waals surface area contributed by atoms with Crippen molar-refractivity contribution in [1.82, 2.24) is 0 Å². The minimum absolute atomic E-state index is 0.0233. The Kier molecular flexibility index (Phi) is 6.61. The van der Waals surface area contributed by atoms with Gasteiger partial charge in [-0.15, -0.1) is 0 Å². The van der Waals surface area contributed by atoms with Crippen molar-refractivity contribution in [2.24, 2.45) is 5.92 Å². The van der Waals surface area contributed by atoms with E-state index >= 15 is 0 Å². The molecule has 19 heavy (non-hydrogen) atoms. The number of carbonyl (C=O) groups is 1. The van der Waals surface area contributed by atoms with E-state index in [0.29, 0.717) is 5.92 Å². The van der Waals surface area contributed by atoms with Crippen LogP contribution in [-0.4, -0.2) is 15.0 Å². The Bertz CT molecular complexity index is 289. The molecule has 2 nitrogen and oxygen atoms in total. The summed E-state index contributed by atoms with van der Waals surface area (Å²) >= 11 is 2.23. The third-order valence-electron chi connectivity index (χ3n) is 4.93. The zero-order chi connectivity index (χ0) is 14.5. The molecule has 112 valence electrons. The topological polar surface area (TPSA) is 26.3 Å². The first kappa shape index (κ1) is 17.3. The lowest BCUT2D eigenvalue weighted by molar-refractivity contribution is -0.171. The lowest BCUT2D eigenvalue weighted by Gasteiger charge is -2.42. The Morgan fingerprint density at radius 1 is 1.11 bits per heavy atom. The Labute approximate surface area is 132 Å². The van der Waals surface area contributed by atoms with Crippen LogP contribution in [-0.2, 0) is 9.53 Å². The highest BCUT2D eigenvalue weighted by molar-refractivity contribution is 14.1. The molecule has 1 aliphatic rings.